The predicted molar refractivity (Wildman–Crippen MR) is 91.5 cm³/mol. The fourth-order valence-electron chi connectivity index (χ4n) is 2.89. The lowest BCUT2D eigenvalue weighted by molar-refractivity contribution is 0.146. The number of H-pyrrole nitrogens is 1. The molecule has 0 saturated carbocycles. The topological polar surface area (TPSA) is 94.1 Å². The molecular weight excluding hydrogens is 322 g/mol. The molecule has 1 aliphatic heterocycles. The number of cyclic esters (lactones) is 1. The molecule has 1 aromatic carbocycles. The molecule has 0 saturated heterocycles. The molecule has 8 nitrogen and oxygen atoms in total. The highest BCUT2D eigenvalue weighted by atomic mass is 16.5. The van der Waals surface area contributed by atoms with Crippen molar-refractivity contribution >= 4 is 17.0 Å². The second-order valence-electron chi connectivity index (χ2n) is 5.94. The standard InChI is InChI=1S/C17H19N5O3/c1-22-11-5-8-25-17(23)18-6-2-7-24-12-3-4-14-13(10-12)16(20-19-14)15(9-11)21-22/h3-4,9-10H,2,5-8H2,1H3,(H,18,23)(H,19,20). The molecule has 25 heavy (non-hydrogen) atoms. The lowest BCUT2D eigenvalue weighted by atomic mass is 10.1. The number of hydrogen-bond donors (Lipinski definition) is 2. The minimum atomic E-state index is -0.412. The van der Waals surface area contributed by atoms with Crippen LogP contribution in [0, 0.1) is 0 Å². The van der Waals surface area contributed by atoms with Crippen LogP contribution in [0.25, 0.3) is 22.3 Å². The predicted octanol–water partition coefficient (Wildman–Crippen LogP) is 2.01. The highest BCUT2D eigenvalue weighted by molar-refractivity contribution is 5.92. The number of carbonyl (C=O) groups excluding carboxylic acids is 1. The Labute approximate surface area is 144 Å². The van der Waals surface area contributed by atoms with Crippen molar-refractivity contribution in [2.75, 3.05) is 19.8 Å². The number of hydrogen-bond acceptors (Lipinski definition) is 5. The van der Waals surface area contributed by atoms with Gasteiger partial charge in [0.05, 0.1) is 18.7 Å². The number of ether oxygens (including phenoxy) is 2. The van der Waals surface area contributed by atoms with Gasteiger partial charge in [0.15, 0.2) is 0 Å². The molecule has 0 fully saturated rings. The molecule has 0 unspecified atom stereocenters. The van der Waals surface area contributed by atoms with Crippen molar-refractivity contribution in [1.82, 2.24) is 25.3 Å². The smallest absolute Gasteiger partial charge is 0.407 e. The first kappa shape index (κ1) is 15.5. The summed E-state index contributed by atoms with van der Waals surface area (Å²) in [6.45, 7) is 1.31. The first-order valence-electron chi connectivity index (χ1n) is 8.25. The van der Waals surface area contributed by atoms with E-state index >= 15 is 0 Å². The normalized spacial score (nSPS) is 15.6. The number of rotatable bonds is 0. The summed E-state index contributed by atoms with van der Waals surface area (Å²) in [5.74, 6) is 0.765. The van der Waals surface area contributed by atoms with Crippen LogP contribution < -0.4 is 10.1 Å². The average molecular weight is 341 g/mol. The average Bonchev–Trinajstić information content (AvgIpc) is 3.17. The molecule has 2 N–H and O–H groups in total. The molecule has 2 aromatic heterocycles. The Bertz CT molecular complexity index is 914. The number of benzene rings is 1. The third-order valence-corrected chi connectivity index (χ3v) is 4.20. The van der Waals surface area contributed by atoms with E-state index in [2.05, 4.69) is 20.6 Å². The second kappa shape index (κ2) is 6.46. The van der Waals surface area contributed by atoms with Crippen molar-refractivity contribution in [3.63, 3.8) is 0 Å². The quantitative estimate of drug-likeness (QED) is 0.652. The Kier molecular flexibility index (Phi) is 4.01. The van der Waals surface area contributed by atoms with Gasteiger partial charge in [0.1, 0.15) is 17.1 Å². The van der Waals surface area contributed by atoms with E-state index in [1.807, 2.05) is 31.3 Å². The monoisotopic (exact) mass is 341 g/mol. The summed E-state index contributed by atoms with van der Waals surface area (Å²) < 4.78 is 12.8. The summed E-state index contributed by atoms with van der Waals surface area (Å²) >= 11 is 0. The van der Waals surface area contributed by atoms with E-state index in [-0.39, 0.29) is 0 Å². The zero-order chi connectivity index (χ0) is 17.2. The fourth-order valence-corrected chi connectivity index (χ4v) is 2.89. The summed E-state index contributed by atoms with van der Waals surface area (Å²) in [5.41, 5.74) is 3.47. The minimum Gasteiger partial charge on any atom is -0.494 e. The van der Waals surface area contributed by atoms with E-state index in [0.29, 0.717) is 32.6 Å². The number of aromatic amines is 1. The van der Waals surface area contributed by atoms with Crippen LogP contribution in [0.2, 0.25) is 0 Å². The Morgan fingerprint density at radius 1 is 1.20 bits per heavy atom. The van der Waals surface area contributed by atoms with Gasteiger partial charge in [-0.3, -0.25) is 9.78 Å². The molecule has 8 heteroatoms. The van der Waals surface area contributed by atoms with Gasteiger partial charge in [-0.05, 0) is 30.7 Å². The van der Waals surface area contributed by atoms with E-state index in [1.54, 1.807) is 4.68 Å². The minimum absolute atomic E-state index is 0.298. The zero-order valence-electron chi connectivity index (χ0n) is 13.9. The van der Waals surface area contributed by atoms with E-state index in [0.717, 1.165) is 33.7 Å². The maximum absolute atomic E-state index is 11.6. The molecule has 0 aliphatic carbocycles. The maximum Gasteiger partial charge on any atom is 0.407 e. The van der Waals surface area contributed by atoms with Crippen molar-refractivity contribution in [2.24, 2.45) is 7.05 Å². The summed E-state index contributed by atoms with van der Waals surface area (Å²) in [6.07, 6.45) is 0.880. The Morgan fingerprint density at radius 3 is 3.04 bits per heavy atom. The molecular formula is C17H19N5O3. The van der Waals surface area contributed by atoms with E-state index < -0.39 is 6.09 Å². The van der Waals surface area contributed by atoms with Crippen LogP contribution in [0.15, 0.2) is 24.3 Å². The van der Waals surface area contributed by atoms with Gasteiger partial charge in [-0.2, -0.15) is 10.2 Å². The summed E-state index contributed by atoms with van der Waals surface area (Å²) in [5, 5.41) is 15.7. The number of amides is 1. The largest absolute Gasteiger partial charge is 0.494 e. The number of nitrogens with one attached hydrogen (secondary N) is 2. The van der Waals surface area contributed by atoms with Crippen LogP contribution in [0.3, 0.4) is 0 Å². The summed E-state index contributed by atoms with van der Waals surface area (Å²) in [7, 11) is 1.87. The van der Waals surface area contributed by atoms with Crippen LogP contribution in [0.1, 0.15) is 12.1 Å². The van der Waals surface area contributed by atoms with Crippen molar-refractivity contribution in [1.29, 1.82) is 0 Å². The number of aryl methyl sites for hydroxylation is 1. The molecule has 3 heterocycles. The summed E-state index contributed by atoms with van der Waals surface area (Å²) in [6, 6.07) is 7.79. The number of aromatic nitrogens is 4. The SMILES string of the molecule is Cn1nc2cc1CCOC(=O)NCCCOc1ccc3[nH]nc-2c3c1. The van der Waals surface area contributed by atoms with E-state index in [4.69, 9.17) is 9.47 Å². The van der Waals surface area contributed by atoms with Gasteiger partial charge in [0.2, 0.25) is 0 Å². The molecule has 0 radical (unpaired) electrons. The number of nitrogens with zero attached hydrogens (tertiary/aromatic N) is 3. The number of carbonyl (C=O) groups is 1. The zero-order valence-corrected chi connectivity index (χ0v) is 13.9. The van der Waals surface area contributed by atoms with Crippen molar-refractivity contribution in [3.05, 3.63) is 30.0 Å². The fraction of sp³-hybridized carbons (Fsp3) is 0.353. The van der Waals surface area contributed by atoms with Crippen LogP contribution in [0.5, 0.6) is 5.75 Å². The van der Waals surface area contributed by atoms with Gasteiger partial charge in [-0.1, -0.05) is 0 Å². The third-order valence-electron chi connectivity index (χ3n) is 4.20. The lowest BCUT2D eigenvalue weighted by Crippen LogP contribution is -2.27. The molecule has 1 aliphatic rings. The maximum atomic E-state index is 11.6. The van der Waals surface area contributed by atoms with Crippen molar-refractivity contribution < 1.29 is 14.3 Å². The van der Waals surface area contributed by atoms with Crippen LogP contribution in [-0.2, 0) is 18.2 Å². The molecule has 0 atom stereocenters. The van der Waals surface area contributed by atoms with Crippen LogP contribution >= 0.6 is 0 Å². The van der Waals surface area contributed by atoms with Gasteiger partial charge in [-0.15, -0.1) is 0 Å². The van der Waals surface area contributed by atoms with E-state index in [1.165, 1.54) is 0 Å². The molecule has 4 rings (SSSR count). The molecule has 4 bridgehead atoms. The van der Waals surface area contributed by atoms with Gasteiger partial charge in [0, 0.05) is 31.1 Å². The first-order chi connectivity index (χ1) is 12.2. The van der Waals surface area contributed by atoms with Gasteiger partial charge >= 0.3 is 6.09 Å². The molecule has 0 spiro atoms. The molecule has 3 aromatic rings. The Hall–Kier alpha value is -3.03. The lowest BCUT2D eigenvalue weighted by Gasteiger charge is -2.09. The van der Waals surface area contributed by atoms with Gasteiger partial charge < -0.3 is 14.8 Å². The van der Waals surface area contributed by atoms with Crippen molar-refractivity contribution in [3.8, 4) is 17.1 Å². The Balaban J connectivity index is 1.73. The third kappa shape index (κ3) is 3.15. The first-order valence-corrected chi connectivity index (χ1v) is 8.25. The Morgan fingerprint density at radius 2 is 2.12 bits per heavy atom. The van der Waals surface area contributed by atoms with E-state index in [9.17, 15) is 4.79 Å². The van der Waals surface area contributed by atoms with Crippen LogP contribution in [-0.4, -0.2) is 45.8 Å². The summed E-state index contributed by atoms with van der Waals surface area (Å²) in [4.78, 5) is 11.6. The molecule has 130 valence electrons. The highest BCUT2D eigenvalue weighted by Crippen LogP contribution is 2.29. The van der Waals surface area contributed by atoms with Crippen LogP contribution in [0.4, 0.5) is 4.79 Å². The van der Waals surface area contributed by atoms with Crippen molar-refractivity contribution in [2.45, 2.75) is 12.8 Å². The number of alkyl carbamates (subject to hydrolysis) is 1. The van der Waals surface area contributed by atoms with Gasteiger partial charge in [0.25, 0.3) is 0 Å². The number of fused-ring (bicyclic) bond motifs is 4. The molecule has 1 amide bonds. The van der Waals surface area contributed by atoms with Gasteiger partial charge in [-0.25, -0.2) is 4.79 Å². The second-order valence-corrected chi connectivity index (χ2v) is 5.94. The highest BCUT2D eigenvalue weighted by Gasteiger charge is 2.15.